The van der Waals surface area contributed by atoms with Crippen LogP contribution in [-0.4, -0.2) is 55.6 Å². The summed E-state index contributed by atoms with van der Waals surface area (Å²) in [4.78, 5) is 25.7. The number of aryl methyl sites for hydroxylation is 1. The van der Waals surface area contributed by atoms with Crippen LogP contribution in [-0.2, 0) is 14.8 Å². The second kappa shape index (κ2) is 8.52. The Morgan fingerprint density at radius 3 is 2.34 bits per heavy atom. The van der Waals surface area contributed by atoms with E-state index in [9.17, 15) is 18.0 Å². The summed E-state index contributed by atoms with van der Waals surface area (Å²) in [5, 5.41) is 3.26. The van der Waals surface area contributed by atoms with Crippen molar-refractivity contribution in [2.45, 2.75) is 18.7 Å². The first-order valence-corrected chi connectivity index (χ1v) is 10.9. The van der Waals surface area contributed by atoms with Crippen LogP contribution in [0.2, 0.25) is 5.02 Å². The highest BCUT2D eigenvalue weighted by atomic mass is 35.5. The molecule has 0 radical (unpaired) electrons. The van der Waals surface area contributed by atoms with Crippen molar-refractivity contribution in [3.63, 3.8) is 0 Å². The standard InChI is InChI=1S/C20H22ClN3O4S/c1-14-6-7-17(13-19(14)21)22-20(26)16-4-3-5-18(12-16)29(27,28)24-10-8-23(9-11-24)15(2)25/h3-7,12-13H,8-11H2,1-2H3,(H,22,26). The van der Waals surface area contributed by atoms with Crippen molar-refractivity contribution in [3.05, 3.63) is 58.6 Å². The number of anilines is 1. The van der Waals surface area contributed by atoms with Crippen LogP contribution in [0.15, 0.2) is 47.4 Å². The molecule has 29 heavy (non-hydrogen) atoms. The van der Waals surface area contributed by atoms with Gasteiger partial charge < -0.3 is 10.2 Å². The van der Waals surface area contributed by atoms with Crippen molar-refractivity contribution < 1.29 is 18.0 Å². The normalized spacial score (nSPS) is 15.2. The van der Waals surface area contributed by atoms with Gasteiger partial charge in [0.2, 0.25) is 15.9 Å². The average Bonchev–Trinajstić information content (AvgIpc) is 2.71. The number of benzene rings is 2. The van der Waals surface area contributed by atoms with Crippen molar-refractivity contribution in [1.29, 1.82) is 0 Å². The van der Waals surface area contributed by atoms with Crippen LogP contribution in [0.1, 0.15) is 22.8 Å². The summed E-state index contributed by atoms with van der Waals surface area (Å²) in [6.45, 7) is 4.47. The summed E-state index contributed by atoms with van der Waals surface area (Å²) in [5.41, 5.74) is 1.65. The largest absolute Gasteiger partial charge is 0.340 e. The number of hydrogen-bond donors (Lipinski definition) is 1. The Balaban J connectivity index is 1.77. The van der Waals surface area contributed by atoms with E-state index in [4.69, 9.17) is 11.6 Å². The minimum atomic E-state index is -3.76. The molecular weight excluding hydrogens is 414 g/mol. The van der Waals surface area contributed by atoms with E-state index in [0.717, 1.165) is 5.56 Å². The summed E-state index contributed by atoms with van der Waals surface area (Å²) in [6, 6.07) is 11.1. The molecule has 0 atom stereocenters. The van der Waals surface area contributed by atoms with Gasteiger partial charge in [-0.1, -0.05) is 23.7 Å². The van der Waals surface area contributed by atoms with Crippen molar-refractivity contribution >= 4 is 39.1 Å². The molecule has 1 saturated heterocycles. The molecule has 7 nitrogen and oxygen atoms in total. The lowest BCUT2D eigenvalue weighted by molar-refractivity contribution is -0.129. The second-order valence-corrected chi connectivity index (χ2v) is 9.20. The van der Waals surface area contributed by atoms with Gasteiger partial charge in [-0.25, -0.2) is 8.42 Å². The minimum absolute atomic E-state index is 0.0448. The maximum absolute atomic E-state index is 13.0. The van der Waals surface area contributed by atoms with E-state index in [1.54, 1.807) is 29.2 Å². The molecule has 3 rings (SSSR count). The summed E-state index contributed by atoms with van der Waals surface area (Å²) >= 11 is 6.08. The number of sulfonamides is 1. The Bertz CT molecular complexity index is 1050. The zero-order valence-corrected chi connectivity index (χ0v) is 17.8. The minimum Gasteiger partial charge on any atom is -0.340 e. The molecule has 0 aromatic heterocycles. The smallest absolute Gasteiger partial charge is 0.255 e. The summed E-state index contributed by atoms with van der Waals surface area (Å²) < 4.78 is 27.2. The van der Waals surface area contributed by atoms with E-state index >= 15 is 0 Å². The fraction of sp³-hybridized carbons (Fsp3) is 0.300. The van der Waals surface area contributed by atoms with Crippen molar-refractivity contribution in [1.82, 2.24) is 9.21 Å². The van der Waals surface area contributed by atoms with Crippen LogP contribution >= 0.6 is 11.6 Å². The molecule has 0 unspecified atom stereocenters. The Morgan fingerprint density at radius 2 is 1.72 bits per heavy atom. The third-order valence-electron chi connectivity index (χ3n) is 4.85. The topological polar surface area (TPSA) is 86.8 Å². The molecule has 1 aliphatic heterocycles. The fourth-order valence-corrected chi connectivity index (χ4v) is 4.71. The molecule has 0 saturated carbocycles. The van der Waals surface area contributed by atoms with Gasteiger partial charge in [-0.2, -0.15) is 4.31 Å². The highest BCUT2D eigenvalue weighted by Gasteiger charge is 2.29. The number of carbonyl (C=O) groups excluding carboxylic acids is 2. The van der Waals surface area contributed by atoms with E-state index in [1.807, 2.05) is 6.92 Å². The molecule has 154 valence electrons. The monoisotopic (exact) mass is 435 g/mol. The molecule has 1 heterocycles. The van der Waals surface area contributed by atoms with Crippen LogP contribution in [0.3, 0.4) is 0 Å². The van der Waals surface area contributed by atoms with Crippen molar-refractivity contribution in [2.24, 2.45) is 0 Å². The predicted molar refractivity (Wildman–Crippen MR) is 112 cm³/mol. The van der Waals surface area contributed by atoms with Crippen LogP contribution in [0.5, 0.6) is 0 Å². The lowest BCUT2D eigenvalue weighted by Crippen LogP contribution is -2.49. The molecule has 2 aromatic carbocycles. The Kier molecular flexibility index (Phi) is 6.26. The van der Waals surface area contributed by atoms with Gasteiger partial charge in [-0.3, -0.25) is 9.59 Å². The van der Waals surface area contributed by atoms with Gasteiger partial charge >= 0.3 is 0 Å². The van der Waals surface area contributed by atoms with E-state index in [2.05, 4.69) is 5.32 Å². The zero-order chi connectivity index (χ0) is 21.2. The number of nitrogens with one attached hydrogen (secondary N) is 1. The SMILES string of the molecule is CC(=O)N1CCN(S(=O)(=O)c2cccc(C(=O)Nc3ccc(C)c(Cl)c3)c2)CC1. The van der Waals surface area contributed by atoms with Gasteiger partial charge in [0.05, 0.1) is 4.90 Å². The second-order valence-electron chi connectivity index (χ2n) is 6.86. The summed E-state index contributed by atoms with van der Waals surface area (Å²) in [7, 11) is -3.76. The molecule has 2 aromatic rings. The lowest BCUT2D eigenvalue weighted by Gasteiger charge is -2.33. The number of hydrogen-bond acceptors (Lipinski definition) is 4. The maximum Gasteiger partial charge on any atom is 0.255 e. The number of nitrogens with zero attached hydrogens (tertiary/aromatic N) is 2. The summed E-state index contributed by atoms with van der Waals surface area (Å²) in [6.07, 6.45) is 0. The molecular formula is C20H22ClN3O4S. The molecule has 0 aliphatic carbocycles. The first-order chi connectivity index (χ1) is 13.7. The average molecular weight is 436 g/mol. The number of halogens is 1. The first kappa shape index (κ1) is 21.3. The Morgan fingerprint density at radius 1 is 1.03 bits per heavy atom. The van der Waals surface area contributed by atoms with Crippen LogP contribution in [0, 0.1) is 6.92 Å². The molecule has 0 spiro atoms. The van der Waals surface area contributed by atoms with Crippen LogP contribution in [0.4, 0.5) is 5.69 Å². The lowest BCUT2D eigenvalue weighted by atomic mass is 10.2. The first-order valence-electron chi connectivity index (χ1n) is 9.12. The Labute approximate surface area is 175 Å². The molecule has 1 N–H and O–H groups in total. The molecule has 1 aliphatic rings. The van der Waals surface area contributed by atoms with Gasteiger partial charge in [-0.05, 0) is 42.8 Å². The number of carbonyl (C=O) groups is 2. The fourth-order valence-electron chi connectivity index (χ4n) is 3.06. The van der Waals surface area contributed by atoms with Crippen LogP contribution in [0.25, 0.3) is 0 Å². The molecule has 0 bridgehead atoms. The number of rotatable bonds is 4. The summed E-state index contributed by atoms with van der Waals surface area (Å²) in [5.74, 6) is -0.500. The van der Waals surface area contributed by atoms with Gasteiger partial charge in [-0.15, -0.1) is 0 Å². The quantitative estimate of drug-likeness (QED) is 0.799. The molecule has 9 heteroatoms. The number of amides is 2. The maximum atomic E-state index is 13.0. The number of piperazine rings is 1. The van der Waals surface area contributed by atoms with Gasteiger partial charge in [0.15, 0.2) is 0 Å². The highest BCUT2D eigenvalue weighted by Crippen LogP contribution is 2.22. The molecule has 1 fully saturated rings. The van der Waals surface area contributed by atoms with Gasteiger partial charge in [0.1, 0.15) is 0 Å². The van der Waals surface area contributed by atoms with Crippen molar-refractivity contribution in [3.8, 4) is 0 Å². The Hall–Kier alpha value is -2.42. The third kappa shape index (κ3) is 4.77. The van der Waals surface area contributed by atoms with Gasteiger partial charge in [0.25, 0.3) is 5.91 Å². The van der Waals surface area contributed by atoms with E-state index in [0.29, 0.717) is 23.8 Å². The predicted octanol–water partition coefficient (Wildman–Crippen LogP) is 2.75. The zero-order valence-electron chi connectivity index (χ0n) is 16.2. The van der Waals surface area contributed by atoms with Crippen LogP contribution < -0.4 is 5.32 Å². The highest BCUT2D eigenvalue weighted by molar-refractivity contribution is 7.89. The van der Waals surface area contributed by atoms with E-state index < -0.39 is 15.9 Å². The van der Waals surface area contributed by atoms with E-state index in [-0.39, 0.29) is 29.5 Å². The van der Waals surface area contributed by atoms with Crippen molar-refractivity contribution in [2.75, 3.05) is 31.5 Å². The van der Waals surface area contributed by atoms with E-state index in [1.165, 1.54) is 29.4 Å². The van der Waals surface area contributed by atoms with Gasteiger partial charge in [0, 0.05) is 49.4 Å². The third-order valence-corrected chi connectivity index (χ3v) is 7.15. The molecule has 2 amide bonds.